The first kappa shape index (κ1) is 18.2. The van der Waals surface area contributed by atoms with E-state index in [0.29, 0.717) is 26.2 Å². The molecule has 2 rings (SSSR count). The molecule has 1 atom stereocenters. The molecule has 0 aromatic carbocycles. The average Bonchev–Trinajstić information content (AvgIpc) is 2.53. The molecular weight excluding hydrogens is 298 g/mol. The fraction of sp³-hybridized carbons (Fsp3) is 0.875. The van der Waals surface area contributed by atoms with Gasteiger partial charge >= 0.3 is 0 Å². The fourth-order valence-corrected chi connectivity index (χ4v) is 3.25. The predicted octanol–water partition coefficient (Wildman–Crippen LogP) is -0.0198. The second-order valence-electron chi connectivity index (χ2n) is 6.57. The van der Waals surface area contributed by atoms with Crippen LogP contribution in [0.5, 0.6) is 0 Å². The zero-order valence-electron chi connectivity index (χ0n) is 14.0. The minimum atomic E-state index is -0.364. The van der Waals surface area contributed by atoms with Crippen molar-refractivity contribution in [3.63, 3.8) is 0 Å². The van der Waals surface area contributed by atoms with Crippen LogP contribution in [0.4, 0.5) is 0 Å². The van der Waals surface area contributed by atoms with Crippen molar-refractivity contribution in [3.05, 3.63) is 0 Å². The molecular formula is C16H29N3O4. The van der Waals surface area contributed by atoms with Crippen molar-refractivity contribution in [2.75, 3.05) is 46.4 Å². The summed E-state index contributed by atoms with van der Waals surface area (Å²) in [6, 6.07) is 0. The standard InChI is InChI=1S/C16H29N3O4/c1-18(11-15(17)20)9-14-10-19(7-8-22-14)16(21)12-23-13-5-3-2-4-6-13/h13-14H,2-12H2,1H3,(H2,17,20)/t14-/m1/s1. The number of hydrogen-bond donors (Lipinski definition) is 1. The summed E-state index contributed by atoms with van der Waals surface area (Å²) < 4.78 is 11.4. The Morgan fingerprint density at radius 3 is 2.74 bits per heavy atom. The van der Waals surface area contributed by atoms with Gasteiger partial charge in [0.2, 0.25) is 11.8 Å². The minimum Gasteiger partial charge on any atom is -0.373 e. The number of amides is 2. The highest BCUT2D eigenvalue weighted by Crippen LogP contribution is 2.20. The van der Waals surface area contributed by atoms with Crippen LogP contribution in [0.2, 0.25) is 0 Å². The van der Waals surface area contributed by atoms with E-state index in [-0.39, 0.29) is 37.2 Å². The second-order valence-corrected chi connectivity index (χ2v) is 6.57. The van der Waals surface area contributed by atoms with E-state index in [1.165, 1.54) is 19.3 Å². The number of carbonyl (C=O) groups excluding carboxylic acids is 2. The molecule has 2 fully saturated rings. The lowest BCUT2D eigenvalue weighted by Crippen LogP contribution is -2.51. The molecule has 0 unspecified atom stereocenters. The van der Waals surface area contributed by atoms with E-state index >= 15 is 0 Å². The maximum Gasteiger partial charge on any atom is 0.248 e. The summed E-state index contributed by atoms with van der Waals surface area (Å²) in [6.07, 6.45) is 5.96. The summed E-state index contributed by atoms with van der Waals surface area (Å²) in [4.78, 5) is 26.8. The lowest BCUT2D eigenvalue weighted by atomic mass is 9.98. The SMILES string of the molecule is CN(CC(N)=O)C[C@@H]1CN(C(=O)COC2CCCCC2)CCO1. The third-order valence-corrected chi connectivity index (χ3v) is 4.43. The van der Waals surface area contributed by atoms with Crippen molar-refractivity contribution < 1.29 is 19.1 Å². The zero-order valence-corrected chi connectivity index (χ0v) is 14.0. The Balaban J connectivity index is 1.71. The lowest BCUT2D eigenvalue weighted by Gasteiger charge is -2.35. The van der Waals surface area contributed by atoms with Gasteiger partial charge in [0.25, 0.3) is 0 Å². The molecule has 1 aliphatic heterocycles. The van der Waals surface area contributed by atoms with Gasteiger partial charge in [0.05, 0.1) is 25.4 Å². The number of hydrogen-bond acceptors (Lipinski definition) is 5. The van der Waals surface area contributed by atoms with Crippen LogP contribution in [0.1, 0.15) is 32.1 Å². The van der Waals surface area contributed by atoms with Gasteiger partial charge in [-0.1, -0.05) is 19.3 Å². The molecule has 7 nitrogen and oxygen atoms in total. The van der Waals surface area contributed by atoms with Gasteiger partial charge in [-0.25, -0.2) is 0 Å². The van der Waals surface area contributed by atoms with E-state index < -0.39 is 0 Å². The molecule has 7 heteroatoms. The molecule has 0 radical (unpaired) electrons. The summed E-state index contributed by atoms with van der Waals surface area (Å²) in [5.74, 6) is -0.335. The van der Waals surface area contributed by atoms with Crippen LogP contribution >= 0.6 is 0 Å². The summed E-state index contributed by atoms with van der Waals surface area (Å²) in [6.45, 7) is 2.59. The summed E-state index contributed by atoms with van der Waals surface area (Å²) in [7, 11) is 1.82. The Hall–Kier alpha value is -1.18. The van der Waals surface area contributed by atoms with Crippen molar-refractivity contribution >= 4 is 11.8 Å². The number of morpholine rings is 1. The van der Waals surface area contributed by atoms with E-state index in [0.717, 1.165) is 12.8 Å². The largest absolute Gasteiger partial charge is 0.373 e. The molecule has 0 aromatic rings. The van der Waals surface area contributed by atoms with Crippen LogP contribution in [-0.2, 0) is 19.1 Å². The maximum absolute atomic E-state index is 12.3. The van der Waals surface area contributed by atoms with Gasteiger partial charge in [0, 0.05) is 19.6 Å². The Labute approximate surface area is 138 Å². The molecule has 1 saturated carbocycles. The van der Waals surface area contributed by atoms with E-state index in [9.17, 15) is 9.59 Å². The molecule has 132 valence electrons. The highest BCUT2D eigenvalue weighted by Gasteiger charge is 2.26. The number of carbonyl (C=O) groups is 2. The minimum absolute atomic E-state index is 0.0291. The van der Waals surface area contributed by atoms with Crippen LogP contribution in [-0.4, -0.2) is 80.3 Å². The first-order chi connectivity index (χ1) is 11.0. The molecule has 1 heterocycles. The summed E-state index contributed by atoms with van der Waals surface area (Å²) in [5.41, 5.74) is 5.18. The number of nitrogens with two attached hydrogens (primary N) is 1. The zero-order chi connectivity index (χ0) is 16.7. The smallest absolute Gasteiger partial charge is 0.248 e. The van der Waals surface area contributed by atoms with Crippen LogP contribution in [0.3, 0.4) is 0 Å². The van der Waals surface area contributed by atoms with Gasteiger partial charge in [0.15, 0.2) is 0 Å². The van der Waals surface area contributed by atoms with E-state index in [1.807, 2.05) is 11.9 Å². The molecule has 1 saturated heterocycles. The van der Waals surface area contributed by atoms with E-state index in [2.05, 4.69) is 0 Å². The predicted molar refractivity (Wildman–Crippen MR) is 85.8 cm³/mol. The number of primary amides is 1. The number of likely N-dealkylation sites (N-methyl/N-ethyl adjacent to an activating group) is 1. The Morgan fingerprint density at radius 1 is 1.30 bits per heavy atom. The molecule has 23 heavy (non-hydrogen) atoms. The molecule has 2 aliphatic rings. The van der Waals surface area contributed by atoms with Crippen molar-refractivity contribution in [2.24, 2.45) is 5.73 Å². The second kappa shape index (κ2) is 9.20. The van der Waals surface area contributed by atoms with Crippen molar-refractivity contribution in [1.29, 1.82) is 0 Å². The fourth-order valence-electron chi connectivity index (χ4n) is 3.25. The van der Waals surface area contributed by atoms with Gasteiger partial charge in [0.1, 0.15) is 6.61 Å². The lowest BCUT2D eigenvalue weighted by molar-refractivity contribution is -0.147. The monoisotopic (exact) mass is 327 g/mol. The Kier molecular flexibility index (Phi) is 7.26. The quantitative estimate of drug-likeness (QED) is 0.710. The normalized spacial score (nSPS) is 23.2. The molecule has 2 amide bonds. The first-order valence-electron chi connectivity index (χ1n) is 8.52. The molecule has 0 spiro atoms. The van der Waals surface area contributed by atoms with Gasteiger partial charge in [-0.2, -0.15) is 0 Å². The Morgan fingerprint density at radius 2 is 2.04 bits per heavy atom. The molecule has 0 aromatic heterocycles. The van der Waals surface area contributed by atoms with E-state index in [1.54, 1.807) is 4.90 Å². The molecule has 0 bridgehead atoms. The van der Waals surface area contributed by atoms with Gasteiger partial charge in [-0.3, -0.25) is 14.5 Å². The van der Waals surface area contributed by atoms with Gasteiger partial charge in [-0.05, 0) is 19.9 Å². The average molecular weight is 327 g/mol. The van der Waals surface area contributed by atoms with Crippen molar-refractivity contribution in [1.82, 2.24) is 9.80 Å². The topological polar surface area (TPSA) is 85.1 Å². The van der Waals surface area contributed by atoms with Crippen molar-refractivity contribution in [2.45, 2.75) is 44.3 Å². The summed E-state index contributed by atoms with van der Waals surface area (Å²) >= 11 is 0. The van der Waals surface area contributed by atoms with Crippen LogP contribution in [0.15, 0.2) is 0 Å². The molecule has 1 aliphatic carbocycles. The summed E-state index contributed by atoms with van der Waals surface area (Å²) in [5, 5.41) is 0. The van der Waals surface area contributed by atoms with Crippen molar-refractivity contribution in [3.8, 4) is 0 Å². The molecule has 2 N–H and O–H groups in total. The van der Waals surface area contributed by atoms with Gasteiger partial charge < -0.3 is 20.1 Å². The third kappa shape index (κ3) is 6.45. The number of rotatable bonds is 7. The first-order valence-corrected chi connectivity index (χ1v) is 8.52. The Bertz CT molecular complexity index is 399. The van der Waals surface area contributed by atoms with Gasteiger partial charge in [-0.15, -0.1) is 0 Å². The third-order valence-electron chi connectivity index (χ3n) is 4.43. The number of ether oxygens (including phenoxy) is 2. The maximum atomic E-state index is 12.3. The van der Waals surface area contributed by atoms with Crippen LogP contribution in [0, 0.1) is 0 Å². The van der Waals surface area contributed by atoms with Crippen LogP contribution < -0.4 is 5.73 Å². The van der Waals surface area contributed by atoms with Crippen LogP contribution in [0.25, 0.3) is 0 Å². The highest BCUT2D eigenvalue weighted by molar-refractivity contribution is 5.77. The van der Waals surface area contributed by atoms with E-state index in [4.69, 9.17) is 15.2 Å². The highest BCUT2D eigenvalue weighted by atomic mass is 16.5. The number of nitrogens with zero attached hydrogens (tertiary/aromatic N) is 2.